The topological polar surface area (TPSA) is 72.2 Å². The Hall–Kier alpha value is -0.590. The first-order valence-corrected chi connectivity index (χ1v) is 5.34. The van der Waals surface area contributed by atoms with Gasteiger partial charge in [0, 0.05) is 23.8 Å². The molecule has 0 amide bonds. The highest BCUT2D eigenvalue weighted by molar-refractivity contribution is 8.13. The van der Waals surface area contributed by atoms with Crippen molar-refractivity contribution < 1.29 is 13.5 Å². The minimum Gasteiger partial charge on any atom is -0.390 e. The molecule has 0 aliphatic rings. The second kappa shape index (κ2) is 3.04. The van der Waals surface area contributed by atoms with Crippen LogP contribution in [-0.4, -0.2) is 23.3 Å². The number of aryl methyl sites for hydroxylation is 1. The van der Waals surface area contributed by atoms with Gasteiger partial charge < -0.3 is 5.11 Å². The number of nitrogens with zero attached hydrogens (tertiary/aromatic N) is 2. The van der Waals surface area contributed by atoms with Crippen LogP contribution in [0.4, 0.5) is 0 Å². The standard InChI is InChI=1S/C5H7ClN2O3S/c1-8-4(3-9)2-5(7-8)12(6,10)11/h2,9H,3H2,1H3. The largest absolute Gasteiger partial charge is 0.390 e. The molecule has 0 fully saturated rings. The molecule has 0 radical (unpaired) electrons. The highest BCUT2D eigenvalue weighted by Crippen LogP contribution is 2.13. The highest BCUT2D eigenvalue weighted by Gasteiger charge is 2.15. The van der Waals surface area contributed by atoms with Crippen molar-refractivity contribution in [3.63, 3.8) is 0 Å². The smallest absolute Gasteiger partial charge is 0.280 e. The Labute approximate surface area is 74.0 Å². The van der Waals surface area contributed by atoms with E-state index in [1.807, 2.05) is 0 Å². The fourth-order valence-corrected chi connectivity index (χ4v) is 1.47. The average molecular weight is 211 g/mol. The molecule has 0 saturated carbocycles. The first kappa shape index (κ1) is 9.50. The van der Waals surface area contributed by atoms with Crippen molar-refractivity contribution in [3.8, 4) is 0 Å². The summed E-state index contributed by atoms with van der Waals surface area (Å²) in [7, 11) is 2.76. The second-order valence-corrected chi connectivity index (χ2v) is 4.71. The second-order valence-electron chi connectivity index (χ2n) is 2.19. The van der Waals surface area contributed by atoms with Crippen molar-refractivity contribution in [2.45, 2.75) is 11.6 Å². The molecule has 0 aliphatic carbocycles. The normalized spacial score (nSPS) is 11.9. The van der Waals surface area contributed by atoms with E-state index in [9.17, 15) is 8.42 Å². The monoisotopic (exact) mass is 210 g/mol. The summed E-state index contributed by atoms with van der Waals surface area (Å²) in [6.07, 6.45) is 0. The van der Waals surface area contributed by atoms with Crippen LogP contribution in [0.25, 0.3) is 0 Å². The first-order chi connectivity index (χ1) is 5.45. The molecule has 0 atom stereocenters. The summed E-state index contributed by atoms with van der Waals surface area (Å²) in [5.41, 5.74) is 0.397. The quantitative estimate of drug-likeness (QED) is 0.689. The van der Waals surface area contributed by atoms with E-state index in [1.165, 1.54) is 17.8 Å². The van der Waals surface area contributed by atoms with Crippen LogP contribution in [0.5, 0.6) is 0 Å². The first-order valence-electron chi connectivity index (χ1n) is 3.03. The molecular formula is C5H7ClN2O3S. The Morgan fingerprint density at radius 2 is 2.33 bits per heavy atom. The van der Waals surface area contributed by atoms with Crippen LogP contribution < -0.4 is 0 Å². The van der Waals surface area contributed by atoms with E-state index in [1.54, 1.807) is 0 Å². The van der Waals surface area contributed by atoms with E-state index in [-0.39, 0.29) is 11.6 Å². The Morgan fingerprint density at radius 3 is 2.58 bits per heavy atom. The van der Waals surface area contributed by atoms with Gasteiger partial charge in [0.25, 0.3) is 9.05 Å². The van der Waals surface area contributed by atoms with Crippen molar-refractivity contribution >= 4 is 19.7 Å². The molecule has 0 spiro atoms. The summed E-state index contributed by atoms with van der Waals surface area (Å²) in [5, 5.41) is 12.0. The fraction of sp³-hybridized carbons (Fsp3) is 0.400. The molecule has 1 aromatic rings. The zero-order valence-electron chi connectivity index (χ0n) is 6.23. The number of halogens is 1. The van der Waals surface area contributed by atoms with Gasteiger partial charge in [0.1, 0.15) is 0 Å². The van der Waals surface area contributed by atoms with Gasteiger partial charge in [-0.2, -0.15) is 5.10 Å². The fourth-order valence-electron chi connectivity index (χ4n) is 0.744. The third-order valence-electron chi connectivity index (χ3n) is 1.37. The molecule has 1 N–H and O–H groups in total. The van der Waals surface area contributed by atoms with Crippen molar-refractivity contribution in [2.75, 3.05) is 0 Å². The van der Waals surface area contributed by atoms with Gasteiger partial charge in [-0.1, -0.05) is 0 Å². The Balaban J connectivity index is 3.23. The van der Waals surface area contributed by atoms with E-state index >= 15 is 0 Å². The van der Waals surface area contributed by atoms with E-state index < -0.39 is 9.05 Å². The number of aliphatic hydroxyl groups excluding tert-OH is 1. The number of hydrogen-bond donors (Lipinski definition) is 1. The number of hydrogen-bond acceptors (Lipinski definition) is 4. The van der Waals surface area contributed by atoms with Crippen LogP contribution in [-0.2, 0) is 22.7 Å². The van der Waals surface area contributed by atoms with Crippen molar-refractivity contribution in [1.82, 2.24) is 9.78 Å². The maximum absolute atomic E-state index is 10.7. The van der Waals surface area contributed by atoms with Crippen LogP contribution in [0.3, 0.4) is 0 Å². The summed E-state index contributed by atoms with van der Waals surface area (Å²) in [4.78, 5) is 0. The van der Waals surface area contributed by atoms with Crippen LogP contribution in [0.2, 0.25) is 0 Å². The van der Waals surface area contributed by atoms with E-state index in [0.29, 0.717) is 5.69 Å². The zero-order valence-corrected chi connectivity index (χ0v) is 7.80. The van der Waals surface area contributed by atoms with Crippen LogP contribution >= 0.6 is 10.7 Å². The molecule has 12 heavy (non-hydrogen) atoms. The number of aliphatic hydroxyl groups is 1. The van der Waals surface area contributed by atoms with Crippen molar-refractivity contribution in [2.24, 2.45) is 7.05 Å². The third kappa shape index (κ3) is 1.77. The van der Waals surface area contributed by atoms with Gasteiger partial charge in [-0.3, -0.25) is 4.68 Å². The molecule has 0 unspecified atom stereocenters. The van der Waals surface area contributed by atoms with Gasteiger partial charge in [0.05, 0.1) is 12.3 Å². The van der Waals surface area contributed by atoms with Gasteiger partial charge in [-0.05, 0) is 0 Å². The van der Waals surface area contributed by atoms with Crippen LogP contribution in [0.15, 0.2) is 11.1 Å². The van der Waals surface area contributed by atoms with Gasteiger partial charge in [-0.25, -0.2) is 8.42 Å². The summed E-state index contributed by atoms with van der Waals surface area (Å²) < 4.78 is 22.7. The minimum absolute atomic E-state index is 0.240. The van der Waals surface area contributed by atoms with E-state index in [4.69, 9.17) is 15.8 Å². The Morgan fingerprint density at radius 1 is 1.75 bits per heavy atom. The SMILES string of the molecule is Cn1nc(S(=O)(=O)Cl)cc1CO. The van der Waals surface area contributed by atoms with Crippen LogP contribution in [0.1, 0.15) is 5.69 Å². The molecule has 7 heteroatoms. The molecule has 68 valence electrons. The predicted octanol–water partition coefficient (Wildman–Crippen LogP) is -0.160. The van der Waals surface area contributed by atoms with Gasteiger partial charge in [-0.15, -0.1) is 0 Å². The number of rotatable bonds is 2. The van der Waals surface area contributed by atoms with Gasteiger partial charge in [0.2, 0.25) is 0 Å². The molecule has 1 aromatic heterocycles. The van der Waals surface area contributed by atoms with Crippen LogP contribution in [0, 0.1) is 0 Å². The minimum atomic E-state index is -3.79. The lowest BCUT2D eigenvalue weighted by molar-refractivity contribution is 0.270. The molecule has 5 nitrogen and oxygen atoms in total. The molecular weight excluding hydrogens is 204 g/mol. The summed E-state index contributed by atoms with van der Waals surface area (Å²) in [6, 6.07) is 1.22. The predicted molar refractivity (Wildman–Crippen MR) is 42.2 cm³/mol. The van der Waals surface area contributed by atoms with Crippen molar-refractivity contribution in [1.29, 1.82) is 0 Å². The number of aromatic nitrogens is 2. The van der Waals surface area contributed by atoms with Gasteiger partial charge in [0.15, 0.2) is 5.03 Å². The van der Waals surface area contributed by atoms with E-state index in [0.717, 1.165) is 0 Å². The average Bonchev–Trinajstić information content (AvgIpc) is 2.29. The van der Waals surface area contributed by atoms with E-state index in [2.05, 4.69) is 5.10 Å². The lowest BCUT2D eigenvalue weighted by Gasteiger charge is -1.92. The maximum Gasteiger partial charge on any atom is 0.280 e. The molecule has 0 bridgehead atoms. The summed E-state index contributed by atoms with van der Waals surface area (Å²) in [6.45, 7) is -0.268. The zero-order chi connectivity index (χ0) is 9.35. The molecule has 0 aliphatic heterocycles. The molecule has 1 heterocycles. The highest BCUT2D eigenvalue weighted by atomic mass is 35.7. The maximum atomic E-state index is 10.7. The summed E-state index contributed by atoms with van der Waals surface area (Å²) >= 11 is 0. The Kier molecular flexibility index (Phi) is 2.41. The lowest BCUT2D eigenvalue weighted by Crippen LogP contribution is -1.98. The third-order valence-corrected chi connectivity index (χ3v) is 2.54. The van der Waals surface area contributed by atoms with Crippen molar-refractivity contribution in [3.05, 3.63) is 11.8 Å². The lowest BCUT2D eigenvalue weighted by atomic mass is 10.5. The molecule has 0 aromatic carbocycles. The van der Waals surface area contributed by atoms with Gasteiger partial charge >= 0.3 is 0 Å². The Bertz CT molecular complexity index is 383. The molecule has 1 rings (SSSR count). The molecule has 0 saturated heterocycles. The summed E-state index contributed by atoms with van der Waals surface area (Å²) in [5.74, 6) is 0.